The van der Waals surface area contributed by atoms with Crippen molar-refractivity contribution in [3.05, 3.63) is 24.3 Å². The molecular formula is C13H21N3OS. The van der Waals surface area contributed by atoms with Crippen molar-refractivity contribution in [3.63, 3.8) is 0 Å². The van der Waals surface area contributed by atoms with Gasteiger partial charge in [-0.1, -0.05) is 6.92 Å². The number of hydrogen-bond acceptors (Lipinski definition) is 4. The van der Waals surface area contributed by atoms with E-state index in [1.165, 1.54) is 0 Å². The summed E-state index contributed by atoms with van der Waals surface area (Å²) >= 11 is 1.84. The first-order valence-electron chi connectivity index (χ1n) is 6.08. The third-order valence-corrected chi connectivity index (χ3v) is 3.53. The quantitative estimate of drug-likeness (QED) is 0.522. The number of benzene rings is 1. The van der Waals surface area contributed by atoms with Gasteiger partial charge in [0.05, 0.1) is 6.04 Å². The van der Waals surface area contributed by atoms with Crippen molar-refractivity contribution in [1.82, 2.24) is 5.32 Å². The average Bonchev–Trinajstić information content (AvgIpc) is 2.37. The maximum atomic E-state index is 12.0. The molecule has 0 aliphatic heterocycles. The zero-order valence-corrected chi connectivity index (χ0v) is 11.7. The fourth-order valence-corrected chi connectivity index (χ4v) is 2.24. The van der Waals surface area contributed by atoms with Gasteiger partial charge in [-0.15, -0.1) is 0 Å². The highest BCUT2D eigenvalue weighted by atomic mass is 32.2. The molecule has 5 heteroatoms. The van der Waals surface area contributed by atoms with Gasteiger partial charge in [0.15, 0.2) is 0 Å². The highest BCUT2D eigenvalue weighted by molar-refractivity contribution is 7.99. The summed E-state index contributed by atoms with van der Waals surface area (Å²) in [6.45, 7) is 2.12. The lowest BCUT2D eigenvalue weighted by molar-refractivity contribution is -0.118. The summed E-state index contributed by atoms with van der Waals surface area (Å²) in [5.74, 6) is 2.06. The molecule has 0 unspecified atom stereocenters. The molecule has 100 valence electrons. The average molecular weight is 267 g/mol. The van der Waals surface area contributed by atoms with Gasteiger partial charge < -0.3 is 16.4 Å². The van der Waals surface area contributed by atoms with Crippen LogP contribution < -0.4 is 16.4 Å². The summed E-state index contributed by atoms with van der Waals surface area (Å²) in [7, 11) is 1.81. The summed E-state index contributed by atoms with van der Waals surface area (Å²) in [4.78, 5) is 12.0. The second-order valence-electron chi connectivity index (χ2n) is 3.94. The van der Waals surface area contributed by atoms with E-state index in [0.29, 0.717) is 5.69 Å². The fraction of sp³-hybridized carbons (Fsp3) is 0.462. The third kappa shape index (κ3) is 4.98. The monoisotopic (exact) mass is 267 g/mol. The van der Waals surface area contributed by atoms with Gasteiger partial charge in [-0.25, -0.2) is 0 Å². The highest BCUT2D eigenvalue weighted by Gasteiger charge is 2.15. The molecule has 4 nitrogen and oxygen atoms in total. The van der Waals surface area contributed by atoms with Gasteiger partial charge in [-0.3, -0.25) is 4.79 Å². The molecule has 0 fully saturated rings. The summed E-state index contributed by atoms with van der Waals surface area (Å²) in [6.07, 6.45) is 0.829. The van der Waals surface area contributed by atoms with E-state index in [9.17, 15) is 4.79 Å². The fourth-order valence-electron chi connectivity index (χ4n) is 1.55. The van der Waals surface area contributed by atoms with Crippen LogP contribution >= 0.6 is 11.8 Å². The molecule has 0 saturated carbocycles. The van der Waals surface area contributed by atoms with Crippen LogP contribution in [0.4, 0.5) is 11.4 Å². The van der Waals surface area contributed by atoms with Crippen LogP contribution in [-0.4, -0.2) is 30.5 Å². The van der Waals surface area contributed by atoms with Gasteiger partial charge in [-0.2, -0.15) is 11.8 Å². The van der Waals surface area contributed by atoms with Crippen LogP contribution in [0.2, 0.25) is 0 Å². The molecule has 1 atom stereocenters. The van der Waals surface area contributed by atoms with E-state index in [0.717, 1.165) is 23.6 Å². The van der Waals surface area contributed by atoms with Crippen LogP contribution in [-0.2, 0) is 4.79 Å². The van der Waals surface area contributed by atoms with Crippen molar-refractivity contribution >= 4 is 29.0 Å². The Kier molecular flexibility index (Phi) is 6.60. The minimum Gasteiger partial charge on any atom is -0.399 e. The summed E-state index contributed by atoms with van der Waals surface area (Å²) < 4.78 is 0. The normalized spacial score (nSPS) is 12.1. The lowest BCUT2D eigenvalue weighted by atomic mass is 10.2. The first-order valence-corrected chi connectivity index (χ1v) is 7.24. The van der Waals surface area contributed by atoms with E-state index in [-0.39, 0.29) is 11.9 Å². The number of hydrogen-bond donors (Lipinski definition) is 3. The van der Waals surface area contributed by atoms with E-state index in [1.54, 1.807) is 24.3 Å². The Morgan fingerprint density at radius 2 is 2.06 bits per heavy atom. The van der Waals surface area contributed by atoms with E-state index in [2.05, 4.69) is 17.6 Å². The van der Waals surface area contributed by atoms with Crippen LogP contribution in [0.1, 0.15) is 13.3 Å². The zero-order chi connectivity index (χ0) is 13.4. The molecule has 0 saturated heterocycles. The number of carbonyl (C=O) groups is 1. The van der Waals surface area contributed by atoms with Gasteiger partial charge in [0, 0.05) is 11.4 Å². The molecule has 1 rings (SSSR count). The molecule has 0 bridgehead atoms. The SMILES string of the molecule is CCSCC[C@H](NC)C(=O)Nc1ccc(N)cc1. The number of rotatable bonds is 7. The molecule has 4 N–H and O–H groups in total. The Morgan fingerprint density at radius 3 is 2.61 bits per heavy atom. The predicted octanol–water partition coefficient (Wildman–Crippen LogP) is 1.94. The van der Waals surface area contributed by atoms with E-state index >= 15 is 0 Å². The second-order valence-corrected chi connectivity index (χ2v) is 5.33. The Morgan fingerprint density at radius 1 is 1.39 bits per heavy atom. The number of carbonyl (C=O) groups excluding carboxylic acids is 1. The van der Waals surface area contributed by atoms with Gasteiger partial charge in [-0.05, 0) is 49.2 Å². The van der Waals surface area contributed by atoms with E-state index in [1.807, 2.05) is 18.8 Å². The van der Waals surface area contributed by atoms with Gasteiger partial charge in [0.2, 0.25) is 5.91 Å². The number of nitrogens with one attached hydrogen (secondary N) is 2. The highest BCUT2D eigenvalue weighted by Crippen LogP contribution is 2.12. The Bertz CT molecular complexity index is 367. The molecular weight excluding hydrogens is 246 g/mol. The number of anilines is 2. The predicted molar refractivity (Wildman–Crippen MR) is 79.9 cm³/mol. The summed E-state index contributed by atoms with van der Waals surface area (Å²) in [6, 6.07) is 7.01. The lowest BCUT2D eigenvalue weighted by Crippen LogP contribution is -2.38. The van der Waals surface area contributed by atoms with Crippen molar-refractivity contribution in [3.8, 4) is 0 Å². The topological polar surface area (TPSA) is 67.2 Å². The van der Waals surface area contributed by atoms with Crippen molar-refractivity contribution in [2.45, 2.75) is 19.4 Å². The molecule has 0 aromatic heterocycles. The first kappa shape index (κ1) is 14.9. The molecule has 18 heavy (non-hydrogen) atoms. The summed E-state index contributed by atoms with van der Waals surface area (Å²) in [5.41, 5.74) is 7.06. The van der Waals surface area contributed by atoms with Crippen LogP contribution in [0.25, 0.3) is 0 Å². The number of likely N-dealkylation sites (N-methyl/N-ethyl adjacent to an activating group) is 1. The molecule has 1 aromatic carbocycles. The number of thioether (sulfide) groups is 1. The van der Waals surface area contributed by atoms with Crippen molar-refractivity contribution < 1.29 is 4.79 Å². The number of amides is 1. The number of nitrogens with two attached hydrogens (primary N) is 1. The molecule has 0 aliphatic rings. The standard InChI is InChI=1S/C13H21N3OS/c1-3-18-9-8-12(15-2)13(17)16-11-6-4-10(14)5-7-11/h4-7,12,15H,3,8-9,14H2,1-2H3,(H,16,17)/t12-/m0/s1. The van der Waals surface area contributed by atoms with Crippen LogP contribution in [0.5, 0.6) is 0 Å². The molecule has 0 spiro atoms. The Labute approximate surface area is 113 Å². The Balaban J connectivity index is 2.48. The van der Waals surface area contributed by atoms with Crippen molar-refractivity contribution in [2.75, 3.05) is 29.6 Å². The van der Waals surface area contributed by atoms with Crippen molar-refractivity contribution in [1.29, 1.82) is 0 Å². The van der Waals surface area contributed by atoms with Gasteiger partial charge in [0.25, 0.3) is 0 Å². The minimum atomic E-state index is -0.151. The van der Waals surface area contributed by atoms with Crippen LogP contribution in [0, 0.1) is 0 Å². The third-order valence-electron chi connectivity index (χ3n) is 2.60. The molecule has 0 radical (unpaired) electrons. The maximum absolute atomic E-state index is 12.0. The lowest BCUT2D eigenvalue weighted by Gasteiger charge is -2.15. The Hall–Kier alpha value is -1.20. The van der Waals surface area contributed by atoms with Crippen LogP contribution in [0.3, 0.4) is 0 Å². The smallest absolute Gasteiger partial charge is 0.241 e. The second kappa shape index (κ2) is 8.00. The minimum absolute atomic E-state index is 0.000950. The van der Waals surface area contributed by atoms with E-state index < -0.39 is 0 Å². The van der Waals surface area contributed by atoms with Crippen LogP contribution in [0.15, 0.2) is 24.3 Å². The molecule has 0 heterocycles. The molecule has 1 amide bonds. The van der Waals surface area contributed by atoms with Crippen molar-refractivity contribution in [2.24, 2.45) is 0 Å². The maximum Gasteiger partial charge on any atom is 0.241 e. The number of nitrogen functional groups attached to an aromatic ring is 1. The van der Waals surface area contributed by atoms with Gasteiger partial charge >= 0.3 is 0 Å². The largest absolute Gasteiger partial charge is 0.399 e. The van der Waals surface area contributed by atoms with Gasteiger partial charge in [0.1, 0.15) is 0 Å². The first-order chi connectivity index (χ1) is 8.67. The molecule has 1 aromatic rings. The van der Waals surface area contributed by atoms with E-state index in [4.69, 9.17) is 5.73 Å². The molecule has 0 aliphatic carbocycles. The zero-order valence-electron chi connectivity index (χ0n) is 10.9. The summed E-state index contributed by atoms with van der Waals surface area (Å²) in [5, 5.41) is 5.92.